The first-order valence-corrected chi connectivity index (χ1v) is 6.34. The van der Waals surface area contributed by atoms with Crippen LogP contribution < -0.4 is 10.6 Å². The SMILES string of the molecule is O=C(CC1CCCC1)N[C@H]1CCCNC1. The van der Waals surface area contributed by atoms with Crippen LogP contribution in [0, 0.1) is 5.92 Å². The number of carbonyl (C=O) groups excluding carboxylic acids is 1. The van der Waals surface area contributed by atoms with Gasteiger partial charge in [-0.25, -0.2) is 0 Å². The Kier molecular flexibility index (Phi) is 4.01. The topological polar surface area (TPSA) is 41.1 Å². The van der Waals surface area contributed by atoms with Crippen LogP contribution in [0.4, 0.5) is 0 Å². The maximum absolute atomic E-state index is 11.7. The van der Waals surface area contributed by atoms with Gasteiger partial charge >= 0.3 is 0 Å². The van der Waals surface area contributed by atoms with E-state index in [9.17, 15) is 4.79 Å². The molecule has 0 bridgehead atoms. The van der Waals surface area contributed by atoms with E-state index in [1.165, 1.54) is 32.1 Å². The minimum atomic E-state index is 0.274. The standard InChI is InChI=1S/C12H22N2O/c15-12(8-10-4-1-2-5-10)14-11-6-3-7-13-9-11/h10-11,13H,1-9H2,(H,14,15)/t11-/m0/s1. The summed E-state index contributed by atoms with van der Waals surface area (Å²) < 4.78 is 0. The highest BCUT2D eigenvalue weighted by atomic mass is 16.1. The summed E-state index contributed by atoms with van der Waals surface area (Å²) in [5.74, 6) is 0.942. The van der Waals surface area contributed by atoms with Crippen LogP contribution in [0.5, 0.6) is 0 Å². The molecule has 1 saturated heterocycles. The van der Waals surface area contributed by atoms with Crippen molar-refractivity contribution >= 4 is 5.91 Å². The molecule has 0 aromatic rings. The summed E-state index contributed by atoms with van der Waals surface area (Å²) in [5, 5.41) is 6.46. The Bertz CT molecular complexity index is 206. The van der Waals surface area contributed by atoms with Gasteiger partial charge in [0.2, 0.25) is 5.91 Å². The lowest BCUT2D eigenvalue weighted by atomic mass is 10.0. The van der Waals surface area contributed by atoms with Crippen LogP contribution in [-0.4, -0.2) is 25.0 Å². The molecule has 1 heterocycles. The number of hydrogen-bond donors (Lipinski definition) is 2. The number of nitrogens with one attached hydrogen (secondary N) is 2. The molecule has 0 aromatic heterocycles. The number of hydrogen-bond acceptors (Lipinski definition) is 2. The second-order valence-corrected chi connectivity index (χ2v) is 4.97. The first kappa shape index (κ1) is 10.9. The number of piperidine rings is 1. The van der Waals surface area contributed by atoms with Crippen molar-refractivity contribution in [1.29, 1.82) is 0 Å². The van der Waals surface area contributed by atoms with Gasteiger partial charge in [0.15, 0.2) is 0 Å². The monoisotopic (exact) mass is 210 g/mol. The zero-order chi connectivity index (χ0) is 10.5. The molecule has 1 aliphatic carbocycles. The highest BCUT2D eigenvalue weighted by molar-refractivity contribution is 5.76. The average molecular weight is 210 g/mol. The zero-order valence-electron chi connectivity index (χ0n) is 9.43. The lowest BCUT2D eigenvalue weighted by molar-refractivity contribution is -0.122. The fraction of sp³-hybridized carbons (Fsp3) is 0.917. The fourth-order valence-electron chi connectivity index (χ4n) is 2.74. The molecule has 0 spiro atoms. The lowest BCUT2D eigenvalue weighted by Crippen LogP contribution is -2.45. The van der Waals surface area contributed by atoms with Crippen molar-refractivity contribution in [2.75, 3.05) is 13.1 Å². The van der Waals surface area contributed by atoms with Crippen LogP contribution in [0.1, 0.15) is 44.9 Å². The van der Waals surface area contributed by atoms with E-state index in [4.69, 9.17) is 0 Å². The molecule has 1 atom stereocenters. The molecule has 15 heavy (non-hydrogen) atoms. The Morgan fingerprint density at radius 1 is 1.20 bits per heavy atom. The van der Waals surface area contributed by atoms with Gasteiger partial charge in [0.05, 0.1) is 0 Å². The van der Waals surface area contributed by atoms with Gasteiger partial charge < -0.3 is 10.6 Å². The largest absolute Gasteiger partial charge is 0.352 e. The van der Waals surface area contributed by atoms with E-state index in [0.29, 0.717) is 12.0 Å². The molecule has 3 heteroatoms. The highest BCUT2D eigenvalue weighted by Crippen LogP contribution is 2.27. The third-order valence-corrected chi connectivity index (χ3v) is 3.61. The Labute approximate surface area is 92.0 Å². The summed E-state index contributed by atoms with van der Waals surface area (Å²) in [6, 6.07) is 0.382. The van der Waals surface area contributed by atoms with Crippen LogP contribution in [0.15, 0.2) is 0 Å². The molecular weight excluding hydrogens is 188 g/mol. The zero-order valence-corrected chi connectivity index (χ0v) is 9.43. The minimum Gasteiger partial charge on any atom is -0.352 e. The molecule has 0 radical (unpaired) electrons. The van der Waals surface area contributed by atoms with Gasteiger partial charge in [-0.1, -0.05) is 12.8 Å². The molecule has 86 valence electrons. The number of amides is 1. The summed E-state index contributed by atoms with van der Waals surface area (Å²) in [5.41, 5.74) is 0. The van der Waals surface area contributed by atoms with E-state index < -0.39 is 0 Å². The van der Waals surface area contributed by atoms with Crippen molar-refractivity contribution in [1.82, 2.24) is 10.6 Å². The maximum atomic E-state index is 11.7. The third kappa shape index (κ3) is 3.49. The van der Waals surface area contributed by atoms with Gasteiger partial charge in [-0.05, 0) is 38.1 Å². The Hall–Kier alpha value is -0.570. The average Bonchev–Trinajstić information content (AvgIpc) is 2.71. The van der Waals surface area contributed by atoms with Gasteiger partial charge in [-0.15, -0.1) is 0 Å². The van der Waals surface area contributed by atoms with Crippen LogP contribution in [-0.2, 0) is 4.79 Å². The first-order chi connectivity index (χ1) is 7.34. The summed E-state index contributed by atoms with van der Waals surface area (Å²) in [7, 11) is 0. The van der Waals surface area contributed by atoms with Crippen molar-refractivity contribution in [3.63, 3.8) is 0 Å². The molecule has 2 fully saturated rings. The van der Waals surface area contributed by atoms with Crippen molar-refractivity contribution in [3.8, 4) is 0 Å². The molecule has 0 aromatic carbocycles. The van der Waals surface area contributed by atoms with Gasteiger partial charge in [-0.2, -0.15) is 0 Å². The van der Waals surface area contributed by atoms with Crippen LogP contribution in [0.2, 0.25) is 0 Å². The lowest BCUT2D eigenvalue weighted by Gasteiger charge is -2.24. The Balaban J connectivity index is 1.66. The predicted molar refractivity (Wildman–Crippen MR) is 60.6 cm³/mol. The predicted octanol–water partition coefficient (Wildman–Crippen LogP) is 1.43. The van der Waals surface area contributed by atoms with Gasteiger partial charge in [-0.3, -0.25) is 4.79 Å². The van der Waals surface area contributed by atoms with E-state index >= 15 is 0 Å². The molecular formula is C12H22N2O. The highest BCUT2D eigenvalue weighted by Gasteiger charge is 2.20. The summed E-state index contributed by atoms with van der Waals surface area (Å²) in [6.07, 6.45) is 8.26. The van der Waals surface area contributed by atoms with Crippen LogP contribution >= 0.6 is 0 Å². The van der Waals surface area contributed by atoms with Gasteiger partial charge in [0.1, 0.15) is 0 Å². The van der Waals surface area contributed by atoms with Gasteiger partial charge in [0.25, 0.3) is 0 Å². The van der Waals surface area contributed by atoms with E-state index in [-0.39, 0.29) is 5.91 Å². The summed E-state index contributed by atoms with van der Waals surface area (Å²) in [4.78, 5) is 11.7. The van der Waals surface area contributed by atoms with Crippen LogP contribution in [0.25, 0.3) is 0 Å². The molecule has 2 aliphatic rings. The van der Waals surface area contributed by atoms with E-state index in [2.05, 4.69) is 10.6 Å². The maximum Gasteiger partial charge on any atom is 0.220 e. The normalized spacial score (nSPS) is 27.9. The molecule has 2 rings (SSSR count). The quantitative estimate of drug-likeness (QED) is 0.740. The second kappa shape index (κ2) is 5.50. The minimum absolute atomic E-state index is 0.274. The van der Waals surface area contributed by atoms with Crippen molar-refractivity contribution in [2.45, 2.75) is 51.0 Å². The van der Waals surface area contributed by atoms with Crippen molar-refractivity contribution < 1.29 is 4.79 Å². The molecule has 3 nitrogen and oxygen atoms in total. The molecule has 2 N–H and O–H groups in total. The summed E-state index contributed by atoms with van der Waals surface area (Å²) in [6.45, 7) is 2.06. The van der Waals surface area contributed by atoms with E-state index in [0.717, 1.165) is 25.9 Å². The number of rotatable bonds is 3. The Morgan fingerprint density at radius 3 is 2.67 bits per heavy atom. The molecule has 0 unspecified atom stereocenters. The first-order valence-electron chi connectivity index (χ1n) is 6.34. The molecule has 1 amide bonds. The van der Waals surface area contributed by atoms with Crippen LogP contribution in [0.3, 0.4) is 0 Å². The fourth-order valence-corrected chi connectivity index (χ4v) is 2.74. The van der Waals surface area contributed by atoms with Crippen molar-refractivity contribution in [3.05, 3.63) is 0 Å². The smallest absolute Gasteiger partial charge is 0.220 e. The summed E-state index contributed by atoms with van der Waals surface area (Å²) >= 11 is 0. The Morgan fingerprint density at radius 2 is 2.00 bits per heavy atom. The molecule has 1 saturated carbocycles. The second-order valence-electron chi connectivity index (χ2n) is 4.97. The number of carbonyl (C=O) groups is 1. The van der Waals surface area contributed by atoms with E-state index in [1.807, 2.05) is 0 Å². The molecule has 1 aliphatic heterocycles. The van der Waals surface area contributed by atoms with Crippen molar-refractivity contribution in [2.24, 2.45) is 5.92 Å². The van der Waals surface area contributed by atoms with E-state index in [1.54, 1.807) is 0 Å². The third-order valence-electron chi connectivity index (χ3n) is 3.61. The van der Waals surface area contributed by atoms with Gasteiger partial charge in [0, 0.05) is 19.0 Å².